The number of aldehydes is 1. The lowest BCUT2D eigenvalue weighted by atomic mass is 10.1. The average Bonchev–Trinajstić information content (AvgIpc) is 2.59. The largest absolute Gasteiger partial charge is 0.497 e. The molecule has 0 bridgehead atoms. The molecule has 2 aromatic rings. The van der Waals surface area contributed by atoms with Crippen molar-refractivity contribution in [3.05, 3.63) is 54.1 Å². The normalized spacial score (nSPS) is 9.91. The fraction of sp³-hybridized carbons (Fsp3) is 0.176. The number of carbonyl (C=O) groups is 2. The maximum atomic E-state index is 12.7. The van der Waals surface area contributed by atoms with Gasteiger partial charge in [-0.15, -0.1) is 0 Å². The van der Waals surface area contributed by atoms with E-state index in [1.165, 1.54) is 19.1 Å². The Morgan fingerprint density at radius 1 is 1.09 bits per heavy atom. The number of methoxy groups -OCH3 is 2. The summed E-state index contributed by atoms with van der Waals surface area (Å²) in [7, 11) is 3.06. The van der Waals surface area contributed by atoms with Crippen molar-refractivity contribution in [3.8, 4) is 11.5 Å². The first-order valence-electron chi connectivity index (χ1n) is 6.73. The van der Waals surface area contributed by atoms with E-state index in [1.807, 2.05) is 0 Å². The zero-order valence-corrected chi connectivity index (χ0v) is 12.5. The SMILES string of the molecule is COc1cccc(C(=O)N(CC=O)c2ccccc2OC)c1. The van der Waals surface area contributed by atoms with Gasteiger partial charge in [-0.05, 0) is 30.3 Å². The van der Waals surface area contributed by atoms with Gasteiger partial charge in [0.25, 0.3) is 5.91 Å². The summed E-state index contributed by atoms with van der Waals surface area (Å²) in [5.41, 5.74) is 0.983. The quantitative estimate of drug-likeness (QED) is 0.769. The van der Waals surface area contributed by atoms with E-state index in [1.54, 1.807) is 48.5 Å². The first kappa shape index (κ1) is 15.6. The molecule has 114 valence electrons. The second-order valence-electron chi connectivity index (χ2n) is 4.49. The van der Waals surface area contributed by atoms with Crippen LogP contribution in [0.2, 0.25) is 0 Å². The van der Waals surface area contributed by atoms with Gasteiger partial charge in [0.05, 0.1) is 26.5 Å². The van der Waals surface area contributed by atoms with Crippen molar-refractivity contribution in [2.24, 2.45) is 0 Å². The lowest BCUT2D eigenvalue weighted by molar-refractivity contribution is -0.106. The van der Waals surface area contributed by atoms with Gasteiger partial charge in [0.2, 0.25) is 0 Å². The summed E-state index contributed by atoms with van der Waals surface area (Å²) in [6, 6.07) is 13.9. The van der Waals surface area contributed by atoms with Crippen LogP contribution >= 0.6 is 0 Å². The highest BCUT2D eigenvalue weighted by Gasteiger charge is 2.20. The van der Waals surface area contributed by atoms with Gasteiger partial charge in [0, 0.05) is 5.56 Å². The van der Waals surface area contributed by atoms with Crippen molar-refractivity contribution < 1.29 is 19.1 Å². The van der Waals surface area contributed by atoms with Crippen molar-refractivity contribution in [2.75, 3.05) is 25.7 Å². The third-order valence-corrected chi connectivity index (χ3v) is 3.19. The van der Waals surface area contributed by atoms with Gasteiger partial charge in [0.15, 0.2) is 0 Å². The minimum Gasteiger partial charge on any atom is -0.497 e. The van der Waals surface area contributed by atoms with Gasteiger partial charge in [-0.3, -0.25) is 9.69 Å². The standard InChI is InChI=1S/C17H17NO4/c1-21-14-7-5-6-13(12-14)17(20)18(10-11-19)15-8-3-4-9-16(15)22-2/h3-9,11-12H,10H2,1-2H3. The fourth-order valence-corrected chi connectivity index (χ4v) is 2.13. The lowest BCUT2D eigenvalue weighted by Crippen LogP contribution is -2.32. The van der Waals surface area contributed by atoms with Crippen molar-refractivity contribution >= 4 is 17.9 Å². The number of carbonyl (C=O) groups excluding carboxylic acids is 2. The Morgan fingerprint density at radius 2 is 1.86 bits per heavy atom. The summed E-state index contributed by atoms with van der Waals surface area (Å²) in [5.74, 6) is 0.813. The van der Waals surface area contributed by atoms with E-state index in [0.29, 0.717) is 29.0 Å². The molecule has 0 atom stereocenters. The molecule has 0 spiro atoms. The molecule has 5 nitrogen and oxygen atoms in total. The van der Waals surface area contributed by atoms with Gasteiger partial charge in [-0.2, -0.15) is 0 Å². The zero-order chi connectivity index (χ0) is 15.9. The Hall–Kier alpha value is -2.82. The minimum atomic E-state index is -0.296. The second-order valence-corrected chi connectivity index (χ2v) is 4.49. The molecule has 0 fully saturated rings. The van der Waals surface area contributed by atoms with E-state index in [0.717, 1.165) is 0 Å². The summed E-state index contributed by atoms with van der Waals surface area (Å²) in [6.45, 7) is -0.0591. The molecule has 0 heterocycles. The molecular formula is C17H17NO4. The van der Waals surface area contributed by atoms with Crippen LogP contribution in [-0.4, -0.2) is 33.0 Å². The molecule has 5 heteroatoms. The van der Waals surface area contributed by atoms with Crippen LogP contribution in [-0.2, 0) is 4.79 Å². The Balaban J connectivity index is 2.42. The molecule has 0 saturated heterocycles. The molecule has 0 unspecified atom stereocenters. The van der Waals surface area contributed by atoms with Crippen LogP contribution < -0.4 is 14.4 Å². The monoisotopic (exact) mass is 299 g/mol. The fourth-order valence-electron chi connectivity index (χ4n) is 2.13. The summed E-state index contributed by atoms with van der Waals surface area (Å²) < 4.78 is 10.4. The van der Waals surface area contributed by atoms with Crippen LogP contribution in [0.1, 0.15) is 10.4 Å². The number of hydrogen-bond donors (Lipinski definition) is 0. The molecule has 0 aromatic heterocycles. The second kappa shape index (κ2) is 7.26. The summed E-state index contributed by atoms with van der Waals surface area (Å²) >= 11 is 0. The van der Waals surface area contributed by atoms with Crippen molar-refractivity contribution in [3.63, 3.8) is 0 Å². The van der Waals surface area contributed by atoms with Crippen LogP contribution in [0.3, 0.4) is 0 Å². The number of hydrogen-bond acceptors (Lipinski definition) is 4. The number of rotatable bonds is 6. The van der Waals surface area contributed by atoms with Gasteiger partial charge >= 0.3 is 0 Å². The van der Waals surface area contributed by atoms with Crippen molar-refractivity contribution in [2.45, 2.75) is 0 Å². The topological polar surface area (TPSA) is 55.8 Å². The van der Waals surface area contributed by atoms with Gasteiger partial charge in [0.1, 0.15) is 17.8 Å². The van der Waals surface area contributed by atoms with Crippen LogP contribution in [0.15, 0.2) is 48.5 Å². The minimum absolute atomic E-state index is 0.0591. The van der Waals surface area contributed by atoms with Gasteiger partial charge < -0.3 is 14.3 Å². The summed E-state index contributed by atoms with van der Waals surface area (Å²) in [5, 5.41) is 0. The Morgan fingerprint density at radius 3 is 2.55 bits per heavy atom. The van der Waals surface area contributed by atoms with E-state index in [-0.39, 0.29) is 12.5 Å². The zero-order valence-electron chi connectivity index (χ0n) is 12.5. The Kier molecular flexibility index (Phi) is 5.14. The predicted molar refractivity (Wildman–Crippen MR) is 83.7 cm³/mol. The van der Waals surface area contributed by atoms with Crippen LogP contribution in [0.25, 0.3) is 0 Å². The average molecular weight is 299 g/mol. The molecule has 2 rings (SSSR count). The van der Waals surface area contributed by atoms with E-state index in [9.17, 15) is 9.59 Å². The Labute approximate surface area is 129 Å². The number of anilines is 1. The van der Waals surface area contributed by atoms with Crippen molar-refractivity contribution in [1.29, 1.82) is 0 Å². The molecule has 0 aliphatic carbocycles. The molecule has 0 radical (unpaired) electrons. The van der Waals surface area contributed by atoms with E-state index >= 15 is 0 Å². The van der Waals surface area contributed by atoms with E-state index in [4.69, 9.17) is 9.47 Å². The van der Waals surface area contributed by atoms with Gasteiger partial charge in [-0.25, -0.2) is 0 Å². The maximum absolute atomic E-state index is 12.7. The third-order valence-electron chi connectivity index (χ3n) is 3.19. The maximum Gasteiger partial charge on any atom is 0.258 e. The molecule has 1 amide bonds. The van der Waals surface area contributed by atoms with Crippen LogP contribution in [0, 0.1) is 0 Å². The molecule has 2 aromatic carbocycles. The number of ether oxygens (including phenoxy) is 2. The highest BCUT2D eigenvalue weighted by molar-refractivity contribution is 6.08. The molecule has 0 aliphatic heterocycles. The third kappa shape index (κ3) is 3.25. The van der Waals surface area contributed by atoms with Crippen LogP contribution in [0.5, 0.6) is 11.5 Å². The first-order valence-corrected chi connectivity index (χ1v) is 6.73. The molecule has 0 N–H and O–H groups in total. The first-order chi connectivity index (χ1) is 10.7. The number of nitrogens with zero attached hydrogens (tertiary/aromatic N) is 1. The number of benzene rings is 2. The van der Waals surface area contributed by atoms with E-state index < -0.39 is 0 Å². The van der Waals surface area contributed by atoms with Gasteiger partial charge in [-0.1, -0.05) is 18.2 Å². The molecular weight excluding hydrogens is 282 g/mol. The molecule has 0 saturated carbocycles. The summed E-state index contributed by atoms with van der Waals surface area (Å²) in [6.07, 6.45) is 0.685. The smallest absolute Gasteiger partial charge is 0.258 e. The van der Waals surface area contributed by atoms with E-state index in [2.05, 4.69) is 0 Å². The Bertz CT molecular complexity index is 669. The molecule has 0 aliphatic rings. The predicted octanol–water partition coefficient (Wildman–Crippen LogP) is 2.55. The highest BCUT2D eigenvalue weighted by atomic mass is 16.5. The lowest BCUT2D eigenvalue weighted by Gasteiger charge is -2.22. The van der Waals surface area contributed by atoms with Crippen molar-refractivity contribution in [1.82, 2.24) is 0 Å². The molecule has 22 heavy (non-hydrogen) atoms. The summed E-state index contributed by atoms with van der Waals surface area (Å²) in [4.78, 5) is 25.1. The highest BCUT2D eigenvalue weighted by Crippen LogP contribution is 2.29. The number of para-hydroxylation sites is 2. The van der Waals surface area contributed by atoms with Crippen LogP contribution in [0.4, 0.5) is 5.69 Å². The number of amides is 1.